The molecule has 1 saturated carbocycles. The van der Waals surface area contributed by atoms with Crippen molar-refractivity contribution in [3.63, 3.8) is 0 Å². The van der Waals surface area contributed by atoms with Crippen LogP contribution in [0.15, 0.2) is 36.5 Å². The number of hydrogen-bond acceptors (Lipinski definition) is 1. The van der Waals surface area contributed by atoms with E-state index < -0.39 is 0 Å². The molecule has 0 atom stereocenters. The van der Waals surface area contributed by atoms with Crippen LogP contribution in [0.5, 0.6) is 0 Å². The van der Waals surface area contributed by atoms with E-state index in [2.05, 4.69) is 31.0 Å². The molecule has 1 aromatic heterocycles. The Morgan fingerprint density at radius 1 is 0.727 bits per heavy atom. The minimum Gasteiger partial charge on any atom is -0.256 e. The van der Waals surface area contributed by atoms with Crippen LogP contribution in [0.25, 0.3) is 11.3 Å². The van der Waals surface area contributed by atoms with E-state index in [1.165, 1.54) is 95.5 Å². The lowest BCUT2D eigenvalue weighted by Gasteiger charge is -2.28. The summed E-state index contributed by atoms with van der Waals surface area (Å²) in [5, 5.41) is 0. The highest BCUT2D eigenvalue weighted by Gasteiger charge is 2.21. The second-order valence-electron chi connectivity index (χ2n) is 10.5. The Balaban J connectivity index is 1.41. The molecule has 1 fully saturated rings. The minimum atomic E-state index is -0.134. The van der Waals surface area contributed by atoms with Gasteiger partial charge in [-0.05, 0) is 66.8 Å². The molecule has 1 aromatic carbocycles. The Labute approximate surface area is 202 Å². The molecule has 0 radical (unpaired) electrons. The van der Waals surface area contributed by atoms with E-state index in [0.29, 0.717) is 5.56 Å². The molecule has 1 aliphatic rings. The van der Waals surface area contributed by atoms with Gasteiger partial charge >= 0.3 is 0 Å². The molecule has 0 aliphatic heterocycles. The van der Waals surface area contributed by atoms with Crippen molar-refractivity contribution in [1.82, 2.24) is 4.98 Å². The molecule has 1 heterocycles. The van der Waals surface area contributed by atoms with Gasteiger partial charge in [-0.1, -0.05) is 103 Å². The average molecular weight is 452 g/mol. The van der Waals surface area contributed by atoms with E-state index in [-0.39, 0.29) is 5.82 Å². The number of hydrogen-bond donors (Lipinski definition) is 0. The first-order valence-electron chi connectivity index (χ1n) is 13.9. The summed E-state index contributed by atoms with van der Waals surface area (Å²) in [7, 11) is 0. The van der Waals surface area contributed by atoms with Gasteiger partial charge in [0.25, 0.3) is 0 Å². The van der Waals surface area contributed by atoms with Crippen LogP contribution in [0, 0.1) is 17.7 Å². The van der Waals surface area contributed by atoms with Crippen molar-refractivity contribution in [1.29, 1.82) is 0 Å². The summed E-state index contributed by atoms with van der Waals surface area (Å²) in [6, 6.07) is 9.86. The van der Waals surface area contributed by atoms with Crippen LogP contribution in [0.3, 0.4) is 0 Å². The van der Waals surface area contributed by atoms with Crippen molar-refractivity contribution < 1.29 is 4.39 Å². The normalized spacial score (nSPS) is 18.5. The van der Waals surface area contributed by atoms with E-state index in [9.17, 15) is 4.39 Å². The summed E-state index contributed by atoms with van der Waals surface area (Å²) >= 11 is 0. The lowest BCUT2D eigenvalue weighted by molar-refractivity contribution is 0.248. The number of aromatic nitrogens is 1. The van der Waals surface area contributed by atoms with Crippen LogP contribution in [0.4, 0.5) is 4.39 Å². The quantitative estimate of drug-likeness (QED) is 0.260. The highest BCUT2D eigenvalue weighted by Crippen LogP contribution is 2.34. The van der Waals surface area contributed by atoms with Crippen molar-refractivity contribution in [2.45, 2.75) is 117 Å². The van der Waals surface area contributed by atoms with Crippen LogP contribution in [0.2, 0.25) is 0 Å². The Morgan fingerprint density at radius 3 is 2.06 bits per heavy atom. The van der Waals surface area contributed by atoms with Crippen molar-refractivity contribution in [3.8, 4) is 11.3 Å². The van der Waals surface area contributed by atoms with Gasteiger partial charge in [-0.2, -0.15) is 0 Å². The van der Waals surface area contributed by atoms with Gasteiger partial charge in [0.05, 0.1) is 5.69 Å². The van der Waals surface area contributed by atoms with Crippen molar-refractivity contribution in [2.75, 3.05) is 0 Å². The van der Waals surface area contributed by atoms with Crippen LogP contribution in [0.1, 0.15) is 115 Å². The molecule has 3 rings (SSSR count). The predicted octanol–water partition coefficient (Wildman–Crippen LogP) is 9.72. The second kappa shape index (κ2) is 14.5. The Hall–Kier alpha value is -1.70. The van der Waals surface area contributed by atoms with Crippen LogP contribution < -0.4 is 0 Å². The van der Waals surface area contributed by atoms with E-state index in [0.717, 1.165) is 35.9 Å². The maximum atomic E-state index is 14.9. The maximum absolute atomic E-state index is 14.9. The molecule has 2 heteroatoms. The molecule has 2 aromatic rings. The van der Waals surface area contributed by atoms with Gasteiger partial charge in [-0.3, -0.25) is 4.98 Å². The first kappa shape index (κ1) is 25.9. The fourth-order valence-corrected chi connectivity index (χ4v) is 5.45. The van der Waals surface area contributed by atoms with Gasteiger partial charge in [0.1, 0.15) is 5.82 Å². The van der Waals surface area contributed by atoms with Crippen molar-refractivity contribution in [2.24, 2.45) is 11.8 Å². The molecule has 182 valence electrons. The number of rotatable bonds is 14. The molecule has 0 amide bonds. The number of halogens is 1. The summed E-state index contributed by atoms with van der Waals surface area (Å²) in [6.45, 7) is 4.50. The standard InChI is InChI=1S/C31H46FN/c1-3-5-7-8-10-11-25-13-15-26(16-14-25)17-18-27-19-21-29(30(32)23-27)31-22-20-28(24-33-31)12-9-6-4-2/h19-26H,3-18H2,1-2H3/t25-,26-. The van der Waals surface area contributed by atoms with E-state index in [1.54, 1.807) is 6.07 Å². The first-order chi connectivity index (χ1) is 16.2. The SMILES string of the molecule is CCCCCCC[C@H]1CC[C@H](CCc2ccc(-c3ccc(CCCCC)cn3)c(F)c2)CC1. The first-order valence-corrected chi connectivity index (χ1v) is 13.9. The number of nitrogens with zero attached hydrogens (tertiary/aromatic N) is 1. The third-order valence-electron chi connectivity index (χ3n) is 7.73. The molecular formula is C31H46FN. The summed E-state index contributed by atoms with van der Waals surface area (Å²) in [5.74, 6) is 1.65. The van der Waals surface area contributed by atoms with Gasteiger partial charge in [0, 0.05) is 11.8 Å². The highest BCUT2D eigenvalue weighted by molar-refractivity contribution is 5.60. The Bertz CT molecular complexity index is 789. The number of benzene rings is 1. The molecule has 33 heavy (non-hydrogen) atoms. The highest BCUT2D eigenvalue weighted by atomic mass is 19.1. The Morgan fingerprint density at radius 2 is 1.39 bits per heavy atom. The smallest absolute Gasteiger partial charge is 0.132 e. The zero-order valence-electron chi connectivity index (χ0n) is 21.3. The van der Waals surface area contributed by atoms with Gasteiger partial charge in [-0.15, -0.1) is 0 Å². The summed E-state index contributed by atoms with van der Waals surface area (Å²) in [5.41, 5.74) is 3.74. The van der Waals surface area contributed by atoms with Crippen LogP contribution in [-0.2, 0) is 12.8 Å². The average Bonchev–Trinajstić information content (AvgIpc) is 2.84. The molecule has 0 N–H and O–H groups in total. The largest absolute Gasteiger partial charge is 0.256 e. The predicted molar refractivity (Wildman–Crippen MR) is 140 cm³/mol. The van der Waals surface area contributed by atoms with Gasteiger partial charge in [0.15, 0.2) is 0 Å². The van der Waals surface area contributed by atoms with Gasteiger partial charge in [0.2, 0.25) is 0 Å². The lowest BCUT2D eigenvalue weighted by Crippen LogP contribution is -2.15. The third kappa shape index (κ3) is 8.87. The Kier molecular flexibility index (Phi) is 11.4. The monoisotopic (exact) mass is 451 g/mol. The zero-order valence-corrected chi connectivity index (χ0v) is 21.3. The molecule has 1 aliphatic carbocycles. The topological polar surface area (TPSA) is 12.9 Å². The van der Waals surface area contributed by atoms with Crippen molar-refractivity contribution in [3.05, 3.63) is 53.5 Å². The lowest BCUT2D eigenvalue weighted by atomic mass is 9.77. The second-order valence-corrected chi connectivity index (χ2v) is 10.5. The molecule has 1 nitrogen and oxygen atoms in total. The van der Waals surface area contributed by atoms with Gasteiger partial charge < -0.3 is 0 Å². The summed E-state index contributed by atoms with van der Waals surface area (Å²) in [4.78, 5) is 4.54. The maximum Gasteiger partial charge on any atom is 0.132 e. The summed E-state index contributed by atoms with van der Waals surface area (Å²) < 4.78 is 14.9. The summed E-state index contributed by atoms with van der Waals surface area (Å²) in [6.07, 6.45) is 22.8. The fourth-order valence-electron chi connectivity index (χ4n) is 5.45. The van der Waals surface area contributed by atoms with Crippen molar-refractivity contribution >= 4 is 0 Å². The molecule has 0 bridgehead atoms. The number of unbranched alkanes of at least 4 members (excludes halogenated alkanes) is 6. The molecule has 0 spiro atoms. The fraction of sp³-hybridized carbons (Fsp3) is 0.645. The molecular weight excluding hydrogens is 405 g/mol. The third-order valence-corrected chi connectivity index (χ3v) is 7.73. The van der Waals surface area contributed by atoms with E-state index >= 15 is 0 Å². The van der Waals surface area contributed by atoms with E-state index in [1.807, 2.05) is 18.3 Å². The van der Waals surface area contributed by atoms with E-state index in [4.69, 9.17) is 0 Å². The van der Waals surface area contributed by atoms with Gasteiger partial charge in [-0.25, -0.2) is 4.39 Å². The number of aryl methyl sites for hydroxylation is 2. The number of pyridine rings is 1. The van der Waals surface area contributed by atoms with Crippen LogP contribution in [-0.4, -0.2) is 4.98 Å². The minimum absolute atomic E-state index is 0.134. The molecule has 0 saturated heterocycles. The van der Waals surface area contributed by atoms with Crippen LogP contribution >= 0.6 is 0 Å². The zero-order chi connectivity index (χ0) is 23.3. The molecule has 0 unspecified atom stereocenters.